The van der Waals surface area contributed by atoms with Gasteiger partial charge in [0.2, 0.25) is 0 Å². The predicted molar refractivity (Wildman–Crippen MR) is 223 cm³/mol. The number of pyridine rings is 4. The molecule has 54 heavy (non-hydrogen) atoms. The lowest BCUT2D eigenvalue weighted by Crippen LogP contribution is -2.26. The molecule has 0 bridgehead atoms. The molecule has 0 unspecified atom stereocenters. The lowest BCUT2D eigenvalue weighted by Gasteiger charge is -2.23. The number of nitrogens with zero attached hydrogens (tertiary/aromatic N) is 7. The van der Waals surface area contributed by atoms with Gasteiger partial charge in [0.25, 0.3) is 0 Å². The van der Waals surface area contributed by atoms with Gasteiger partial charge in [-0.25, -0.2) is 9.97 Å². The Kier molecular flexibility index (Phi) is 10.7. The van der Waals surface area contributed by atoms with Gasteiger partial charge in [-0.15, -0.1) is 0 Å². The van der Waals surface area contributed by atoms with Crippen LogP contribution >= 0.6 is 0 Å². The summed E-state index contributed by atoms with van der Waals surface area (Å²) in [6.45, 7) is 9.32. The Balaban J connectivity index is 1.26. The Morgan fingerprint density at radius 3 is 1.52 bits per heavy atom. The summed E-state index contributed by atoms with van der Waals surface area (Å²) in [7, 11) is 0. The first-order chi connectivity index (χ1) is 26.7. The summed E-state index contributed by atoms with van der Waals surface area (Å²) in [5.74, 6) is 0. The molecule has 0 atom stereocenters. The largest absolute Gasteiger partial charge is 0.339 e. The van der Waals surface area contributed by atoms with E-state index in [1.807, 2.05) is 36.9 Å². The van der Waals surface area contributed by atoms with Crippen molar-refractivity contribution in [1.29, 1.82) is 0 Å². The van der Waals surface area contributed by atoms with Crippen molar-refractivity contribution in [2.45, 2.75) is 78.6 Å². The van der Waals surface area contributed by atoms with E-state index in [4.69, 9.17) is 15.7 Å². The number of benzene rings is 2. The van der Waals surface area contributed by atoms with Gasteiger partial charge in [-0.05, 0) is 87.3 Å². The second-order valence-corrected chi connectivity index (χ2v) is 14.5. The lowest BCUT2D eigenvalue weighted by molar-refractivity contribution is 0.246. The fraction of sp³-hybridized carbons (Fsp3) is 0.304. The van der Waals surface area contributed by atoms with Crippen LogP contribution in [-0.2, 0) is 26.2 Å². The minimum Gasteiger partial charge on any atom is -0.339 e. The fourth-order valence-electron chi connectivity index (χ4n) is 8.07. The average Bonchev–Trinajstić information content (AvgIpc) is 3.71. The SMILES string of the molecule is CCCCn1c2ccccc2c2cc(CN(CCCCN)Cc3cc4c5ccccc5n(CCCC)c4c(-c4cccnc4)n3)nc(-c3cccnc3)c21. The molecule has 8 rings (SSSR count). The first-order valence-corrected chi connectivity index (χ1v) is 19.7. The van der Waals surface area contributed by atoms with Crippen LogP contribution in [0.2, 0.25) is 0 Å². The highest BCUT2D eigenvalue weighted by Gasteiger charge is 2.22. The van der Waals surface area contributed by atoms with Gasteiger partial charge in [0.1, 0.15) is 0 Å². The molecule has 0 saturated heterocycles. The third kappa shape index (κ3) is 6.99. The van der Waals surface area contributed by atoms with Gasteiger partial charge in [0, 0.05) is 94.7 Å². The summed E-state index contributed by atoms with van der Waals surface area (Å²) >= 11 is 0. The number of hydrogen-bond donors (Lipinski definition) is 1. The van der Waals surface area contributed by atoms with Crippen LogP contribution in [0.4, 0.5) is 0 Å². The van der Waals surface area contributed by atoms with E-state index in [1.165, 1.54) is 43.6 Å². The van der Waals surface area contributed by atoms with Crippen LogP contribution in [-0.4, -0.2) is 47.1 Å². The van der Waals surface area contributed by atoms with Crippen LogP contribution in [0.15, 0.2) is 110 Å². The highest BCUT2D eigenvalue weighted by Crippen LogP contribution is 2.38. The predicted octanol–water partition coefficient (Wildman–Crippen LogP) is 10.2. The first kappa shape index (κ1) is 35.6. The molecule has 6 heterocycles. The summed E-state index contributed by atoms with van der Waals surface area (Å²) < 4.78 is 4.95. The number of para-hydroxylation sites is 2. The maximum Gasteiger partial charge on any atom is 0.0964 e. The molecule has 0 spiro atoms. The molecular weight excluding hydrogens is 665 g/mol. The zero-order valence-electron chi connectivity index (χ0n) is 31.6. The van der Waals surface area contributed by atoms with Crippen molar-refractivity contribution in [3.63, 3.8) is 0 Å². The molecule has 274 valence electrons. The third-order valence-electron chi connectivity index (χ3n) is 10.6. The van der Waals surface area contributed by atoms with Gasteiger partial charge < -0.3 is 14.9 Å². The second-order valence-electron chi connectivity index (χ2n) is 14.5. The fourth-order valence-corrected chi connectivity index (χ4v) is 8.07. The smallest absolute Gasteiger partial charge is 0.0964 e. The molecule has 0 aliphatic carbocycles. The second kappa shape index (κ2) is 16.3. The van der Waals surface area contributed by atoms with Crippen LogP contribution < -0.4 is 5.73 Å². The summed E-state index contributed by atoms with van der Waals surface area (Å²) in [5, 5.41) is 5.01. The van der Waals surface area contributed by atoms with E-state index in [-0.39, 0.29) is 0 Å². The number of aromatic nitrogens is 6. The number of unbranched alkanes of at least 4 members (excludes halogenated alkanes) is 3. The molecule has 6 aromatic heterocycles. The molecule has 2 N–H and O–H groups in total. The highest BCUT2D eigenvalue weighted by molar-refractivity contribution is 6.13. The van der Waals surface area contributed by atoms with E-state index in [0.29, 0.717) is 19.6 Å². The summed E-state index contributed by atoms with van der Waals surface area (Å²) in [6, 6.07) is 30.5. The van der Waals surface area contributed by atoms with Crippen LogP contribution in [0.5, 0.6) is 0 Å². The Labute approximate surface area is 317 Å². The van der Waals surface area contributed by atoms with Crippen molar-refractivity contribution in [2.75, 3.05) is 13.1 Å². The number of aryl methyl sites for hydroxylation is 2. The Bertz CT molecular complexity index is 2330. The molecule has 0 aliphatic heterocycles. The Morgan fingerprint density at radius 1 is 0.574 bits per heavy atom. The van der Waals surface area contributed by atoms with Crippen molar-refractivity contribution < 1.29 is 0 Å². The normalized spacial score (nSPS) is 11.9. The van der Waals surface area contributed by atoms with Crippen LogP contribution in [0.3, 0.4) is 0 Å². The molecule has 0 radical (unpaired) electrons. The molecule has 0 amide bonds. The summed E-state index contributed by atoms with van der Waals surface area (Å²) in [4.78, 5) is 22.5. The van der Waals surface area contributed by atoms with Crippen LogP contribution in [0, 0.1) is 0 Å². The van der Waals surface area contributed by atoms with Gasteiger partial charge in [-0.2, -0.15) is 0 Å². The van der Waals surface area contributed by atoms with Gasteiger partial charge >= 0.3 is 0 Å². The van der Waals surface area contributed by atoms with Gasteiger partial charge in [0.05, 0.1) is 33.8 Å². The number of hydrogen-bond acceptors (Lipinski definition) is 6. The quantitative estimate of drug-likeness (QED) is 0.100. The van der Waals surface area contributed by atoms with Crippen LogP contribution in [0.25, 0.3) is 66.1 Å². The molecule has 0 saturated carbocycles. The number of rotatable bonds is 16. The minimum atomic E-state index is 0.674. The molecule has 0 aliphatic rings. The van der Waals surface area contributed by atoms with Gasteiger partial charge in [-0.1, -0.05) is 63.1 Å². The van der Waals surface area contributed by atoms with E-state index in [1.54, 1.807) is 0 Å². The van der Waals surface area contributed by atoms with E-state index in [9.17, 15) is 0 Å². The van der Waals surface area contributed by atoms with E-state index in [0.717, 1.165) is 92.1 Å². The Morgan fingerprint density at radius 2 is 1.07 bits per heavy atom. The van der Waals surface area contributed by atoms with Crippen molar-refractivity contribution in [1.82, 2.24) is 34.0 Å². The van der Waals surface area contributed by atoms with Crippen molar-refractivity contribution in [2.24, 2.45) is 5.73 Å². The van der Waals surface area contributed by atoms with Gasteiger partial charge in [0.15, 0.2) is 0 Å². The molecule has 0 fully saturated rings. The third-order valence-corrected chi connectivity index (χ3v) is 10.6. The Hall–Kier alpha value is -5.44. The number of nitrogens with two attached hydrogens (primary N) is 1. The zero-order valence-corrected chi connectivity index (χ0v) is 31.6. The monoisotopic (exact) mass is 714 g/mol. The van der Waals surface area contributed by atoms with Crippen molar-refractivity contribution >= 4 is 43.6 Å². The lowest BCUT2D eigenvalue weighted by atomic mass is 10.1. The minimum absolute atomic E-state index is 0.674. The van der Waals surface area contributed by atoms with Crippen molar-refractivity contribution in [3.05, 3.63) is 121 Å². The van der Waals surface area contributed by atoms with E-state index < -0.39 is 0 Å². The first-order valence-electron chi connectivity index (χ1n) is 19.7. The molecule has 8 nitrogen and oxygen atoms in total. The maximum atomic E-state index is 6.03. The average molecular weight is 715 g/mol. The molecule has 2 aromatic carbocycles. The highest BCUT2D eigenvalue weighted by atomic mass is 15.1. The molecule has 8 aromatic rings. The van der Waals surface area contributed by atoms with E-state index >= 15 is 0 Å². The summed E-state index contributed by atoms with van der Waals surface area (Å²) in [6.07, 6.45) is 14.0. The van der Waals surface area contributed by atoms with Gasteiger partial charge in [-0.3, -0.25) is 14.9 Å². The van der Waals surface area contributed by atoms with E-state index in [2.05, 4.69) is 111 Å². The number of fused-ring (bicyclic) bond motifs is 6. The van der Waals surface area contributed by atoms with Crippen LogP contribution in [0.1, 0.15) is 63.8 Å². The summed E-state index contributed by atoms with van der Waals surface area (Å²) in [5.41, 5.74) is 17.0. The maximum absolute atomic E-state index is 6.03. The molecule has 8 heteroatoms. The standard InChI is InChI=1S/C46H50N8/c1-3-5-25-53-41-19-9-7-17-37(41)39-27-35(50-43(45(39)53)33-15-13-22-48-29-33)31-52(24-12-11-21-47)32-36-28-40-38-18-8-10-20-42(38)54(26-6-4-2)46(40)44(51-36)34-16-14-23-49-30-34/h7-10,13-20,22-23,27-30H,3-6,11-12,21,24-26,31-32,47H2,1-2H3. The van der Waals surface area contributed by atoms with Crippen molar-refractivity contribution in [3.8, 4) is 22.5 Å². The topological polar surface area (TPSA) is 90.7 Å². The molecular formula is C46H50N8. The zero-order chi connectivity index (χ0) is 36.9.